The summed E-state index contributed by atoms with van der Waals surface area (Å²) in [5.74, 6) is 0.537. The van der Waals surface area contributed by atoms with E-state index in [4.69, 9.17) is 14.6 Å². The number of fused-ring (bicyclic) bond motifs is 3. The van der Waals surface area contributed by atoms with E-state index in [1.165, 1.54) is 17.3 Å². The molecule has 9 nitrogen and oxygen atoms in total. The number of amides is 2. The number of carbonyl (C=O) groups excluding carboxylic acids is 1. The van der Waals surface area contributed by atoms with Gasteiger partial charge in [0.25, 0.3) is 0 Å². The van der Waals surface area contributed by atoms with Crippen LogP contribution in [0.15, 0.2) is 21.5 Å². The summed E-state index contributed by atoms with van der Waals surface area (Å²) in [6, 6.07) is 1.56. The van der Waals surface area contributed by atoms with Gasteiger partial charge in [0.2, 0.25) is 5.88 Å². The fraction of sp³-hybridized carbons (Fsp3) is 0.524. The Morgan fingerprint density at radius 1 is 1.42 bits per heavy atom. The zero-order chi connectivity index (χ0) is 21.8. The van der Waals surface area contributed by atoms with Gasteiger partial charge in [-0.15, -0.1) is 4.36 Å². The number of nitrogens with zero attached hydrogens (tertiary/aromatic N) is 3. The molecule has 2 amide bonds. The van der Waals surface area contributed by atoms with Crippen molar-refractivity contribution in [1.29, 1.82) is 0 Å². The van der Waals surface area contributed by atoms with E-state index in [-0.39, 0.29) is 16.9 Å². The number of urea groups is 1. The lowest BCUT2D eigenvalue weighted by Crippen LogP contribution is -2.20. The smallest absolute Gasteiger partial charge is 0.354 e. The topological polar surface area (TPSA) is 121 Å². The quantitative estimate of drug-likeness (QED) is 0.750. The monoisotopic (exact) mass is 445 g/mol. The molecule has 0 spiro atoms. The van der Waals surface area contributed by atoms with Crippen LogP contribution in [-0.4, -0.2) is 39.8 Å². The molecule has 5 rings (SSSR count). The molecule has 0 radical (unpaired) electrons. The molecule has 3 N–H and O–H groups in total. The summed E-state index contributed by atoms with van der Waals surface area (Å²) in [6.07, 6.45) is 6.17. The molecule has 3 atom stereocenters. The predicted octanol–water partition coefficient (Wildman–Crippen LogP) is 2.76. The third kappa shape index (κ3) is 3.52. The summed E-state index contributed by atoms with van der Waals surface area (Å²) < 4.78 is 29.7. The van der Waals surface area contributed by atoms with Crippen LogP contribution >= 0.6 is 0 Å². The van der Waals surface area contributed by atoms with Crippen molar-refractivity contribution in [2.24, 2.45) is 9.50 Å². The highest BCUT2D eigenvalue weighted by Gasteiger charge is 2.32. The molecular weight excluding hydrogens is 418 g/mol. The summed E-state index contributed by atoms with van der Waals surface area (Å²) in [5.41, 5.74) is 5.61. The first-order valence-electron chi connectivity index (χ1n) is 10.6. The number of aryl methyl sites for hydroxylation is 2. The van der Waals surface area contributed by atoms with Crippen LogP contribution in [0, 0.1) is 0 Å². The molecule has 0 saturated carbocycles. The lowest BCUT2D eigenvalue weighted by Gasteiger charge is -2.19. The molecule has 0 unspecified atom stereocenters. The number of benzene rings is 1. The number of carbonyl (C=O) groups is 1. The van der Waals surface area contributed by atoms with Crippen LogP contribution in [-0.2, 0) is 40.5 Å². The second-order valence-electron chi connectivity index (χ2n) is 8.52. The maximum Gasteiger partial charge on any atom is 0.354 e. The summed E-state index contributed by atoms with van der Waals surface area (Å²) in [4.78, 5) is 13.1. The Morgan fingerprint density at radius 3 is 3.06 bits per heavy atom. The van der Waals surface area contributed by atoms with Crippen LogP contribution in [0.1, 0.15) is 47.9 Å². The zero-order valence-corrected chi connectivity index (χ0v) is 18.5. The van der Waals surface area contributed by atoms with Gasteiger partial charge in [-0.25, -0.2) is 18.8 Å². The number of hydrogen-bond donors (Lipinski definition) is 2. The molecule has 1 aromatic carbocycles. The first-order chi connectivity index (χ1) is 14.9. The van der Waals surface area contributed by atoms with Gasteiger partial charge in [0.15, 0.2) is 9.92 Å². The molecule has 3 aliphatic rings. The molecule has 0 bridgehead atoms. The number of nitrogens with two attached hydrogens (primary N) is 1. The molecule has 2 aromatic rings. The van der Waals surface area contributed by atoms with Crippen LogP contribution in [0.4, 0.5) is 10.5 Å². The number of anilines is 1. The second kappa shape index (κ2) is 7.61. The Labute approximate surface area is 181 Å². The Morgan fingerprint density at radius 2 is 2.26 bits per heavy atom. The van der Waals surface area contributed by atoms with Crippen molar-refractivity contribution in [3.63, 3.8) is 0 Å². The van der Waals surface area contributed by atoms with E-state index in [1.54, 1.807) is 11.8 Å². The van der Waals surface area contributed by atoms with Crippen molar-refractivity contribution in [2.75, 3.05) is 19.0 Å². The van der Waals surface area contributed by atoms with Crippen LogP contribution in [0.3, 0.4) is 0 Å². The SMILES string of the molecule is COC[C@@H]1CCc2cc3c(c(NC(=O)N=[S@@](N)(=O)c4cnn5c4O[C@H](C)C5)c21)CCC3. The summed E-state index contributed by atoms with van der Waals surface area (Å²) in [7, 11) is -1.82. The van der Waals surface area contributed by atoms with Gasteiger partial charge in [0.05, 0.1) is 19.3 Å². The van der Waals surface area contributed by atoms with Gasteiger partial charge in [-0.3, -0.25) is 0 Å². The predicted molar refractivity (Wildman–Crippen MR) is 116 cm³/mol. The molecule has 31 heavy (non-hydrogen) atoms. The van der Waals surface area contributed by atoms with E-state index < -0.39 is 15.9 Å². The second-order valence-corrected chi connectivity index (χ2v) is 10.3. The molecule has 1 aliphatic heterocycles. The van der Waals surface area contributed by atoms with Crippen molar-refractivity contribution in [2.45, 2.75) is 62.5 Å². The standard InChI is InChI=1S/C21H27N5O4S/c1-12-10-26-20(30-12)17(9-23-26)31(22,28)25-21(27)24-19-16-5-3-4-13(16)8-14-6-7-15(11-29-2)18(14)19/h8-9,12,15H,3-7,10-11H2,1-2H3,(H3,22,24,25,27,28)/t12-,15+,31-/m1/s1. The fourth-order valence-corrected chi connectivity index (χ4v) is 6.05. The Balaban J connectivity index is 1.50. The molecule has 2 heterocycles. The number of methoxy groups -OCH3 is 1. The average Bonchev–Trinajstić information content (AvgIpc) is 3.45. The third-order valence-electron chi connectivity index (χ3n) is 6.33. The number of hydrogen-bond acceptors (Lipinski definition) is 5. The van der Waals surface area contributed by atoms with Crippen molar-refractivity contribution in [1.82, 2.24) is 9.78 Å². The van der Waals surface area contributed by atoms with Gasteiger partial charge in [-0.1, -0.05) is 6.07 Å². The van der Waals surface area contributed by atoms with E-state index in [9.17, 15) is 9.00 Å². The van der Waals surface area contributed by atoms with Gasteiger partial charge < -0.3 is 14.8 Å². The van der Waals surface area contributed by atoms with E-state index in [0.717, 1.165) is 48.9 Å². The summed E-state index contributed by atoms with van der Waals surface area (Å²) in [5, 5.41) is 13.1. The van der Waals surface area contributed by atoms with Gasteiger partial charge in [0, 0.05) is 18.7 Å². The normalized spacial score (nSPS) is 22.9. The highest BCUT2D eigenvalue weighted by Crippen LogP contribution is 2.44. The average molecular weight is 446 g/mol. The summed E-state index contributed by atoms with van der Waals surface area (Å²) in [6.45, 7) is 3.02. The van der Waals surface area contributed by atoms with Crippen molar-refractivity contribution in [3.8, 4) is 5.88 Å². The van der Waals surface area contributed by atoms with Gasteiger partial charge >= 0.3 is 6.03 Å². The van der Waals surface area contributed by atoms with Crippen molar-refractivity contribution < 1.29 is 18.5 Å². The fourth-order valence-electron chi connectivity index (χ4n) is 5.06. The molecule has 1 aromatic heterocycles. The number of rotatable bonds is 4. The lowest BCUT2D eigenvalue weighted by molar-refractivity contribution is 0.179. The van der Waals surface area contributed by atoms with Crippen molar-refractivity contribution >= 4 is 21.6 Å². The van der Waals surface area contributed by atoms with E-state index >= 15 is 0 Å². The van der Waals surface area contributed by atoms with Gasteiger partial charge in [-0.05, 0) is 61.3 Å². The number of nitrogens with one attached hydrogen (secondary N) is 1. The van der Waals surface area contributed by atoms with Crippen molar-refractivity contribution in [3.05, 3.63) is 34.5 Å². The van der Waals surface area contributed by atoms with Gasteiger partial charge in [0.1, 0.15) is 11.0 Å². The summed E-state index contributed by atoms with van der Waals surface area (Å²) >= 11 is 0. The molecule has 0 fully saturated rings. The first kappa shape index (κ1) is 20.5. The highest BCUT2D eigenvalue weighted by molar-refractivity contribution is 7.91. The minimum absolute atomic E-state index is 0.0984. The van der Waals surface area contributed by atoms with E-state index in [1.807, 2.05) is 6.92 Å². The maximum absolute atomic E-state index is 13.1. The molecule has 166 valence electrons. The third-order valence-corrected chi connectivity index (χ3v) is 7.68. The largest absolute Gasteiger partial charge is 0.472 e. The highest BCUT2D eigenvalue weighted by atomic mass is 32.2. The van der Waals surface area contributed by atoms with Crippen LogP contribution in [0.2, 0.25) is 0 Å². The van der Waals surface area contributed by atoms with Crippen LogP contribution in [0.5, 0.6) is 5.88 Å². The minimum atomic E-state index is -3.51. The minimum Gasteiger partial charge on any atom is -0.472 e. The Hall–Kier alpha value is -2.43. The zero-order valence-electron chi connectivity index (χ0n) is 17.7. The molecular formula is C21H27N5O4S. The maximum atomic E-state index is 13.1. The molecule has 2 aliphatic carbocycles. The molecule has 10 heteroatoms. The van der Waals surface area contributed by atoms with E-state index in [0.29, 0.717) is 19.0 Å². The Kier molecular flexibility index (Phi) is 5.03. The number of ether oxygens (including phenoxy) is 2. The lowest BCUT2D eigenvalue weighted by atomic mass is 9.94. The van der Waals surface area contributed by atoms with Crippen LogP contribution in [0.25, 0.3) is 0 Å². The first-order valence-corrected chi connectivity index (χ1v) is 12.2. The number of aromatic nitrogens is 2. The van der Waals surface area contributed by atoms with Crippen LogP contribution < -0.4 is 15.2 Å². The van der Waals surface area contributed by atoms with Gasteiger partial charge in [-0.2, -0.15) is 5.10 Å². The molecule has 0 saturated heterocycles. The Bertz CT molecular complexity index is 1180. The van der Waals surface area contributed by atoms with E-state index in [2.05, 4.69) is 20.8 Å².